The van der Waals surface area contributed by atoms with Crippen molar-refractivity contribution in [3.8, 4) is 5.75 Å². The number of benzene rings is 1. The summed E-state index contributed by atoms with van der Waals surface area (Å²) < 4.78 is 17.2. The van der Waals surface area contributed by atoms with Crippen LogP contribution >= 0.6 is 11.6 Å². The van der Waals surface area contributed by atoms with Gasteiger partial charge in [0.05, 0.1) is 11.2 Å². The van der Waals surface area contributed by atoms with Gasteiger partial charge in [0.25, 0.3) is 5.91 Å². The van der Waals surface area contributed by atoms with E-state index in [0.29, 0.717) is 17.2 Å². The lowest BCUT2D eigenvalue weighted by Crippen LogP contribution is -2.51. The van der Waals surface area contributed by atoms with Crippen LogP contribution in [0, 0.1) is 0 Å². The van der Waals surface area contributed by atoms with Gasteiger partial charge in [0, 0.05) is 36.4 Å². The highest BCUT2D eigenvalue weighted by atomic mass is 35.5. The number of hydrogen-bond acceptors (Lipinski definition) is 4. The van der Waals surface area contributed by atoms with Gasteiger partial charge in [-0.1, -0.05) is 11.6 Å². The number of amides is 1. The average Bonchev–Trinajstić information content (AvgIpc) is 2.62. The van der Waals surface area contributed by atoms with Crippen LogP contribution < -0.4 is 10.1 Å². The molecule has 3 heterocycles. The summed E-state index contributed by atoms with van der Waals surface area (Å²) in [7, 11) is 0. The van der Waals surface area contributed by atoms with Crippen LogP contribution in [0.5, 0.6) is 5.75 Å². The van der Waals surface area contributed by atoms with Gasteiger partial charge in [0.2, 0.25) is 0 Å². The third kappa shape index (κ3) is 3.68. The number of halogens is 1. The normalized spacial score (nSPS) is 24.8. The molecule has 3 aliphatic heterocycles. The Hall–Kier alpha value is -1.56. The number of ether oxygens (including phenoxy) is 3. The zero-order valence-corrected chi connectivity index (χ0v) is 14.8. The van der Waals surface area contributed by atoms with Gasteiger partial charge in [0.1, 0.15) is 12.4 Å². The van der Waals surface area contributed by atoms with Crippen molar-refractivity contribution in [1.29, 1.82) is 0 Å². The quantitative estimate of drug-likeness (QED) is 0.877. The molecular formula is C19H22ClNO4. The van der Waals surface area contributed by atoms with E-state index in [-0.39, 0.29) is 24.2 Å². The lowest BCUT2D eigenvalue weighted by molar-refractivity contribution is -0.143. The minimum atomic E-state index is -0.133. The van der Waals surface area contributed by atoms with Crippen LogP contribution in [0.4, 0.5) is 0 Å². The summed E-state index contributed by atoms with van der Waals surface area (Å²) in [5, 5.41) is 3.80. The van der Waals surface area contributed by atoms with Crippen molar-refractivity contribution < 1.29 is 19.0 Å². The summed E-state index contributed by atoms with van der Waals surface area (Å²) >= 11 is 6.03. The Kier molecular flexibility index (Phi) is 4.71. The number of fused-ring (bicyclic) bond motifs is 1. The maximum Gasteiger partial charge on any atom is 0.250 e. The van der Waals surface area contributed by atoms with Crippen LogP contribution in [-0.2, 0) is 14.3 Å². The fraction of sp³-hybridized carbons (Fsp3) is 0.526. The molecule has 1 amide bonds. The van der Waals surface area contributed by atoms with Gasteiger partial charge in [-0.25, -0.2) is 0 Å². The number of nitrogens with one attached hydrogen (secondary N) is 1. The Morgan fingerprint density at radius 3 is 2.92 bits per heavy atom. The second-order valence-corrected chi connectivity index (χ2v) is 7.38. The molecule has 1 N–H and O–H groups in total. The van der Waals surface area contributed by atoms with Crippen molar-refractivity contribution in [3.63, 3.8) is 0 Å². The third-order valence-corrected chi connectivity index (χ3v) is 5.44. The van der Waals surface area contributed by atoms with Gasteiger partial charge in [0.15, 0.2) is 0 Å². The number of carbonyl (C=O) groups is 1. The first-order valence-corrected chi connectivity index (χ1v) is 9.17. The second-order valence-electron chi connectivity index (χ2n) is 6.95. The van der Waals surface area contributed by atoms with E-state index in [1.54, 1.807) is 6.07 Å². The molecule has 5 nitrogen and oxygen atoms in total. The van der Waals surface area contributed by atoms with E-state index < -0.39 is 0 Å². The Bertz CT molecular complexity index is 691. The third-order valence-electron chi connectivity index (χ3n) is 5.21. The molecule has 3 aliphatic rings. The van der Waals surface area contributed by atoms with Crippen LogP contribution in [0.2, 0.25) is 5.02 Å². The maximum atomic E-state index is 12.7. The van der Waals surface area contributed by atoms with Crippen LogP contribution in [0.1, 0.15) is 31.2 Å². The first-order valence-electron chi connectivity index (χ1n) is 8.79. The molecular weight excluding hydrogens is 342 g/mol. The maximum absolute atomic E-state index is 12.7. The van der Waals surface area contributed by atoms with E-state index in [4.69, 9.17) is 25.8 Å². The van der Waals surface area contributed by atoms with E-state index in [1.165, 1.54) is 0 Å². The molecule has 4 rings (SSSR count). The Morgan fingerprint density at radius 1 is 1.24 bits per heavy atom. The SMILES string of the molecule is O=C(N[C@@H]1CCOC2(CCOCC2)C1)C1=Cc2cc(Cl)ccc2OC1. The second kappa shape index (κ2) is 6.98. The average molecular weight is 364 g/mol. The first-order chi connectivity index (χ1) is 12.1. The smallest absolute Gasteiger partial charge is 0.250 e. The van der Waals surface area contributed by atoms with Gasteiger partial charge >= 0.3 is 0 Å². The van der Waals surface area contributed by atoms with E-state index in [2.05, 4.69) is 5.32 Å². The summed E-state index contributed by atoms with van der Waals surface area (Å²) in [6.45, 7) is 2.43. The van der Waals surface area contributed by atoms with Crippen molar-refractivity contribution in [3.05, 3.63) is 34.4 Å². The van der Waals surface area contributed by atoms with Crippen LogP contribution in [-0.4, -0.2) is 44.0 Å². The predicted octanol–water partition coefficient (Wildman–Crippen LogP) is 2.96. The van der Waals surface area contributed by atoms with Gasteiger partial charge in [-0.05, 0) is 50.0 Å². The zero-order chi connectivity index (χ0) is 17.3. The summed E-state index contributed by atoms with van der Waals surface area (Å²) in [5.74, 6) is 0.688. The number of carbonyl (C=O) groups excluding carboxylic acids is 1. The summed E-state index contributed by atoms with van der Waals surface area (Å²) in [4.78, 5) is 12.7. The van der Waals surface area contributed by atoms with Gasteiger partial charge in [-0.3, -0.25) is 4.79 Å². The lowest BCUT2D eigenvalue weighted by Gasteiger charge is -2.43. The molecule has 1 spiro atoms. The fourth-order valence-corrected chi connectivity index (χ4v) is 3.98. The summed E-state index contributed by atoms with van der Waals surface area (Å²) in [5.41, 5.74) is 1.34. The fourth-order valence-electron chi connectivity index (χ4n) is 3.80. The van der Waals surface area contributed by atoms with Crippen molar-refractivity contribution in [2.24, 2.45) is 0 Å². The molecule has 0 bridgehead atoms. The lowest BCUT2D eigenvalue weighted by atomic mass is 9.84. The largest absolute Gasteiger partial charge is 0.488 e. The van der Waals surface area contributed by atoms with Gasteiger partial charge in [-0.2, -0.15) is 0 Å². The standard InChI is InChI=1S/C19H22ClNO4/c20-15-1-2-17-13(10-15)9-14(12-24-17)18(22)21-16-3-6-25-19(11-16)4-7-23-8-5-19/h1-2,9-10,16H,3-8,11-12H2,(H,21,22)/t16-/m1/s1. The van der Waals surface area contributed by atoms with Gasteiger partial charge in [-0.15, -0.1) is 0 Å². The van der Waals surface area contributed by atoms with Crippen molar-refractivity contribution >= 4 is 23.6 Å². The van der Waals surface area contributed by atoms with Crippen LogP contribution in [0.25, 0.3) is 6.08 Å². The first kappa shape index (κ1) is 16.9. The van der Waals surface area contributed by atoms with Crippen molar-refractivity contribution in [2.75, 3.05) is 26.4 Å². The molecule has 1 aromatic carbocycles. The molecule has 0 radical (unpaired) electrons. The highest BCUT2D eigenvalue weighted by Crippen LogP contribution is 2.34. The Morgan fingerprint density at radius 2 is 2.08 bits per heavy atom. The van der Waals surface area contributed by atoms with Gasteiger partial charge < -0.3 is 19.5 Å². The van der Waals surface area contributed by atoms with E-state index in [9.17, 15) is 4.79 Å². The molecule has 0 saturated carbocycles. The molecule has 25 heavy (non-hydrogen) atoms. The van der Waals surface area contributed by atoms with E-state index in [1.807, 2.05) is 18.2 Å². The zero-order valence-electron chi connectivity index (χ0n) is 14.1. The molecule has 1 atom stereocenters. The summed E-state index contributed by atoms with van der Waals surface area (Å²) in [6, 6.07) is 5.56. The van der Waals surface area contributed by atoms with Crippen molar-refractivity contribution in [1.82, 2.24) is 5.32 Å². The molecule has 1 aromatic rings. The van der Waals surface area contributed by atoms with Crippen LogP contribution in [0.15, 0.2) is 23.8 Å². The Labute approximate surface area is 152 Å². The molecule has 0 aliphatic carbocycles. The van der Waals surface area contributed by atoms with E-state index >= 15 is 0 Å². The molecule has 2 saturated heterocycles. The molecule has 134 valence electrons. The monoisotopic (exact) mass is 363 g/mol. The van der Waals surface area contributed by atoms with E-state index in [0.717, 1.165) is 50.2 Å². The highest BCUT2D eigenvalue weighted by molar-refractivity contribution is 6.30. The minimum absolute atomic E-state index is 0.0697. The molecule has 0 aromatic heterocycles. The summed E-state index contributed by atoms with van der Waals surface area (Å²) in [6.07, 6.45) is 5.35. The van der Waals surface area contributed by atoms with Crippen LogP contribution in [0.3, 0.4) is 0 Å². The minimum Gasteiger partial charge on any atom is -0.488 e. The Balaban J connectivity index is 1.43. The highest BCUT2D eigenvalue weighted by Gasteiger charge is 2.39. The molecule has 6 heteroatoms. The number of hydrogen-bond donors (Lipinski definition) is 1. The molecule has 0 unspecified atom stereocenters. The predicted molar refractivity (Wildman–Crippen MR) is 94.8 cm³/mol. The molecule has 2 fully saturated rings. The topological polar surface area (TPSA) is 56.8 Å². The van der Waals surface area contributed by atoms with Crippen molar-refractivity contribution in [2.45, 2.75) is 37.3 Å². The number of rotatable bonds is 2.